The van der Waals surface area contributed by atoms with Gasteiger partial charge in [0.15, 0.2) is 0 Å². The van der Waals surface area contributed by atoms with E-state index in [2.05, 4.69) is 47.6 Å². The molecule has 1 saturated heterocycles. The van der Waals surface area contributed by atoms with Crippen molar-refractivity contribution in [3.63, 3.8) is 0 Å². The van der Waals surface area contributed by atoms with Crippen LogP contribution >= 0.6 is 0 Å². The predicted octanol–water partition coefficient (Wildman–Crippen LogP) is 3.91. The molecule has 8 heteroatoms. The first-order valence-corrected chi connectivity index (χ1v) is 16.8. The van der Waals surface area contributed by atoms with E-state index in [1.54, 1.807) is 0 Å². The van der Waals surface area contributed by atoms with Crippen molar-refractivity contribution in [1.82, 2.24) is 0 Å². The molecule has 1 heterocycles. The molecule has 0 bridgehead atoms. The third kappa shape index (κ3) is 4.05. The first-order valence-electron chi connectivity index (χ1n) is 16.8. The van der Waals surface area contributed by atoms with Crippen LogP contribution in [0.4, 0.5) is 0 Å². The monoisotopic (exact) mass is 604 g/mol. The summed E-state index contributed by atoms with van der Waals surface area (Å²) >= 11 is 0. The molecule has 0 aromatic rings. The van der Waals surface area contributed by atoms with E-state index >= 15 is 0 Å². The largest absolute Gasteiger partial charge is 0.481 e. The molecular formula is C35H56O8. The summed E-state index contributed by atoms with van der Waals surface area (Å²) in [6.07, 6.45) is 4.01. The number of carbonyl (C=O) groups is 1. The summed E-state index contributed by atoms with van der Waals surface area (Å²) in [6.45, 7) is 13.6. The van der Waals surface area contributed by atoms with Crippen LogP contribution in [-0.4, -0.2) is 80.3 Å². The first-order chi connectivity index (χ1) is 19.9. The van der Waals surface area contributed by atoms with Gasteiger partial charge in [-0.25, -0.2) is 0 Å². The van der Waals surface area contributed by atoms with Crippen LogP contribution in [0.25, 0.3) is 0 Å². The van der Waals surface area contributed by atoms with Crippen LogP contribution < -0.4 is 0 Å². The SMILES string of the molecule is CC1(C)CC[C@]2(C(=O)O)C(O)C[C@]3(C)C(=CC[C@@H]4[C@@]5(C)CCC([C@@H]6OC[C@H](O)[C@H](O)[C@H]6O)C(C)(CO)C5CC[C@]43C)[C@H]2C1. The highest BCUT2D eigenvalue weighted by Crippen LogP contribution is 2.76. The lowest BCUT2D eigenvalue weighted by Crippen LogP contribution is -2.68. The zero-order valence-corrected chi connectivity index (χ0v) is 27.1. The van der Waals surface area contributed by atoms with Gasteiger partial charge in [0.2, 0.25) is 0 Å². The molecule has 6 aliphatic rings. The highest BCUT2D eigenvalue weighted by atomic mass is 16.5. The van der Waals surface area contributed by atoms with Crippen molar-refractivity contribution in [3.05, 3.63) is 11.6 Å². The molecule has 14 atom stereocenters. The molecule has 4 saturated carbocycles. The van der Waals surface area contributed by atoms with Gasteiger partial charge in [0.25, 0.3) is 0 Å². The Bertz CT molecular complexity index is 1170. The summed E-state index contributed by atoms with van der Waals surface area (Å²) in [5.74, 6) is -0.769. The Kier molecular flexibility index (Phi) is 7.41. The molecule has 244 valence electrons. The van der Waals surface area contributed by atoms with E-state index in [0.29, 0.717) is 12.8 Å². The van der Waals surface area contributed by atoms with E-state index in [0.717, 1.165) is 44.9 Å². The number of allylic oxidation sites excluding steroid dienone is 2. The second-order valence-corrected chi connectivity index (χ2v) is 17.4. The third-order valence-electron chi connectivity index (χ3n) is 15.3. The molecule has 5 fully saturated rings. The van der Waals surface area contributed by atoms with Crippen LogP contribution in [0.1, 0.15) is 99.3 Å². The van der Waals surface area contributed by atoms with E-state index in [9.17, 15) is 35.4 Å². The molecule has 0 aromatic heterocycles. The van der Waals surface area contributed by atoms with Gasteiger partial charge in [-0.2, -0.15) is 0 Å². The number of fused-ring (bicyclic) bond motifs is 7. The lowest BCUT2D eigenvalue weighted by atomic mass is 9.32. The van der Waals surface area contributed by atoms with Crippen LogP contribution in [-0.2, 0) is 9.53 Å². The number of aliphatic hydroxyl groups excluding tert-OH is 5. The zero-order chi connectivity index (χ0) is 31.5. The number of ether oxygens (including phenoxy) is 1. The van der Waals surface area contributed by atoms with Crippen LogP contribution in [0.5, 0.6) is 0 Å². The third-order valence-corrected chi connectivity index (χ3v) is 15.3. The molecule has 5 aliphatic carbocycles. The second kappa shape index (κ2) is 9.98. The molecule has 0 aromatic carbocycles. The quantitative estimate of drug-likeness (QED) is 0.266. The molecule has 4 unspecified atom stereocenters. The summed E-state index contributed by atoms with van der Waals surface area (Å²) < 4.78 is 5.99. The molecule has 0 spiro atoms. The number of aliphatic hydroxyl groups is 5. The summed E-state index contributed by atoms with van der Waals surface area (Å²) in [5.41, 5.74) is -1.01. The maximum atomic E-state index is 13.0. The van der Waals surface area contributed by atoms with Crippen LogP contribution in [0.2, 0.25) is 0 Å². The molecule has 8 nitrogen and oxygen atoms in total. The predicted molar refractivity (Wildman–Crippen MR) is 161 cm³/mol. The zero-order valence-electron chi connectivity index (χ0n) is 27.1. The van der Waals surface area contributed by atoms with Crippen molar-refractivity contribution in [2.24, 2.45) is 56.2 Å². The van der Waals surface area contributed by atoms with E-state index in [1.807, 2.05) is 0 Å². The average Bonchev–Trinajstić information content (AvgIpc) is 2.92. The Hall–Kier alpha value is -1.03. The van der Waals surface area contributed by atoms with Gasteiger partial charge in [0, 0.05) is 6.61 Å². The fraction of sp³-hybridized carbons (Fsp3) is 0.914. The normalized spacial score (nSPS) is 56.1. The van der Waals surface area contributed by atoms with Crippen LogP contribution in [0.3, 0.4) is 0 Å². The van der Waals surface area contributed by atoms with Gasteiger partial charge in [-0.1, -0.05) is 53.2 Å². The van der Waals surface area contributed by atoms with Gasteiger partial charge in [-0.3, -0.25) is 4.79 Å². The number of aliphatic carboxylic acids is 1. The minimum atomic E-state index is -1.27. The number of hydrogen-bond acceptors (Lipinski definition) is 7. The summed E-state index contributed by atoms with van der Waals surface area (Å²) in [4.78, 5) is 13.0. The van der Waals surface area contributed by atoms with E-state index in [4.69, 9.17) is 4.74 Å². The van der Waals surface area contributed by atoms with Crippen molar-refractivity contribution in [2.75, 3.05) is 13.2 Å². The number of carboxylic acid groups (broad SMARTS) is 1. The number of hydrogen-bond donors (Lipinski definition) is 6. The van der Waals surface area contributed by atoms with Gasteiger partial charge in [-0.05, 0) is 109 Å². The average molecular weight is 605 g/mol. The number of rotatable bonds is 3. The van der Waals surface area contributed by atoms with Gasteiger partial charge in [-0.15, -0.1) is 0 Å². The van der Waals surface area contributed by atoms with E-state index < -0.39 is 47.3 Å². The lowest BCUT2D eigenvalue weighted by molar-refractivity contribution is -0.255. The fourth-order valence-corrected chi connectivity index (χ4v) is 12.5. The maximum Gasteiger partial charge on any atom is 0.312 e. The molecule has 6 rings (SSSR count). The van der Waals surface area contributed by atoms with Crippen molar-refractivity contribution >= 4 is 5.97 Å². The minimum absolute atomic E-state index is 0.0144. The van der Waals surface area contributed by atoms with Gasteiger partial charge >= 0.3 is 5.97 Å². The summed E-state index contributed by atoms with van der Waals surface area (Å²) in [5, 5.41) is 65.1. The molecule has 43 heavy (non-hydrogen) atoms. The highest BCUT2D eigenvalue weighted by Gasteiger charge is 2.72. The van der Waals surface area contributed by atoms with Gasteiger partial charge in [0.05, 0.1) is 18.8 Å². The lowest BCUT2D eigenvalue weighted by Gasteiger charge is -2.72. The van der Waals surface area contributed by atoms with E-state index in [-0.39, 0.29) is 58.5 Å². The van der Waals surface area contributed by atoms with Crippen molar-refractivity contribution in [1.29, 1.82) is 0 Å². The van der Waals surface area contributed by atoms with Crippen LogP contribution in [0, 0.1) is 56.2 Å². The Morgan fingerprint density at radius 1 is 0.907 bits per heavy atom. The smallest absolute Gasteiger partial charge is 0.312 e. The minimum Gasteiger partial charge on any atom is -0.481 e. The van der Waals surface area contributed by atoms with Crippen molar-refractivity contribution in [3.8, 4) is 0 Å². The first kappa shape index (κ1) is 31.9. The van der Waals surface area contributed by atoms with Crippen LogP contribution in [0.15, 0.2) is 11.6 Å². The van der Waals surface area contributed by atoms with Crippen molar-refractivity contribution in [2.45, 2.75) is 130 Å². The molecule has 6 N–H and O–H groups in total. The Balaban J connectivity index is 1.38. The Morgan fingerprint density at radius 2 is 1.60 bits per heavy atom. The molecular weight excluding hydrogens is 548 g/mol. The molecule has 0 radical (unpaired) electrons. The number of carboxylic acids is 1. The highest BCUT2D eigenvalue weighted by molar-refractivity contribution is 5.77. The Morgan fingerprint density at radius 3 is 2.26 bits per heavy atom. The van der Waals surface area contributed by atoms with E-state index in [1.165, 1.54) is 5.57 Å². The topological polar surface area (TPSA) is 148 Å². The van der Waals surface area contributed by atoms with Crippen molar-refractivity contribution < 1.29 is 40.2 Å². The Labute approximate surface area is 256 Å². The molecule has 0 amide bonds. The fourth-order valence-electron chi connectivity index (χ4n) is 12.5. The summed E-state index contributed by atoms with van der Waals surface area (Å²) in [6, 6.07) is 0. The second-order valence-electron chi connectivity index (χ2n) is 17.4. The maximum absolute atomic E-state index is 13.0. The summed E-state index contributed by atoms with van der Waals surface area (Å²) in [7, 11) is 0. The standard InChI is InChI=1S/C35H56O8/c1-30(2)13-14-35(29(41)42)21(15-30)19-7-8-24-31(3)11-9-20(28-27(40)26(39)22(37)17-43-28)32(4,18-36)23(31)10-12-33(24,5)34(19,6)16-25(35)38/h7,20-28,36-40H,8-18H2,1-6H3,(H,41,42)/t20?,21-,22+,23?,24-,25?,26+,27-,28+,31+,32?,33-,34-,35-/m1/s1. The molecule has 1 aliphatic heterocycles. The van der Waals surface area contributed by atoms with Gasteiger partial charge in [0.1, 0.15) is 23.7 Å². The van der Waals surface area contributed by atoms with Gasteiger partial charge < -0.3 is 35.4 Å².